The molecule has 0 bridgehead atoms. The van der Waals surface area contributed by atoms with E-state index in [1.807, 2.05) is 0 Å². The van der Waals surface area contributed by atoms with E-state index in [2.05, 4.69) is 34.4 Å². The second kappa shape index (κ2) is 6.91. The van der Waals surface area contributed by atoms with E-state index in [4.69, 9.17) is 0 Å². The fraction of sp³-hybridized carbons (Fsp3) is 0.667. The molecule has 0 radical (unpaired) electrons. The van der Waals surface area contributed by atoms with Crippen LogP contribution in [0.15, 0.2) is 12.5 Å². The van der Waals surface area contributed by atoms with Gasteiger partial charge < -0.3 is 15.4 Å². The predicted molar refractivity (Wildman–Crippen MR) is 81.4 cm³/mol. The number of nitrogens with one attached hydrogen (secondary N) is 3. The lowest BCUT2D eigenvalue weighted by Crippen LogP contribution is -2.51. The van der Waals surface area contributed by atoms with Crippen molar-refractivity contribution in [1.82, 2.24) is 20.6 Å². The van der Waals surface area contributed by atoms with E-state index >= 15 is 0 Å². The maximum Gasteiger partial charge on any atom is 0.320 e. The Hall–Kier alpha value is -1.89. The molecule has 0 saturated carbocycles. The van der Waals surface area contributed by atoms with Crippen LogP contribution in [-0.2, 0) is 9.59 Å². The Morgan fingerprint density at radius 1 is 1.50 bits per heavy atom. The standard InChI is InChI=1S/C15H24N4O3/c1-8(2)4-11(18-9(3)20)14-10(13-6-16-7-17-13)5-12(19-14)15(21)22/h6-8,10-12,14,19H,4-5H2,1-3H3,(H,16,17)(H,18,20)(H,21,22)/t10?,11?,12-,14?/m0/s1. The van der Waals surface area contributed by atoms with Gasteiger partial charge in [0, 0.05) is 36.8 Å². The van der Waals surface area contributed by atoms with Crippen LogP contribution in [0.3, 0.4) is 0 Å². The average Bonchev–Trinajstić information content (AvgIpc) is 3.06. The molecule has 2 heterocycles. The minimum Gasteiger partial charge on any atom is -0.480 e. The lowest BCUT2D eigenvalue weighted by atomic mass is 9.87. The molecule has 4 N–H and O–H groups in total. The Kier molecular flexibility index (Phi) is 5.18. The molecule has 0 spiro atoms. The third-order valence-electron chi connectivity index (χ3n) is 4.08. The number of H-pyrrole nitrogens is 1. The van der Waals surface area contributed by atoms with Crippen LogP contribution in [0, 0.1) is 5.92 Å². The summed E-state index contributed by atoms with van der Waals surface area (Å²) in [5, 5.41) is 15.5. The fourth-order valence-corrected chi connectivity index (χ4v) is 3.24. The molecule has 1 fully saturated rings. The number of imidazole rings is 1. The number of carbonyl (C=O) groups is 2. The number of aromatic amines is 1. The summed E-state index contributed by atoms with van der Waals surface area (Å²) in [5.74, 6) is -0.586. The first-order valence-corrected chi connectivity index (χ1v) is 7.62. The van der Waals surface area contributed by atoms with E-state index in [-0.39, 0.29) is 23.9 Å². The van der Waals surface area contributed by atoms with Crippen LogP contribution in [-0.4, -0.2) is 45.1 Å². The summed E-state index contributed by atoms with van der Waals surface area (Å²) in [5.41, 5.74) is 0.903. The first-order chi connectivity index (χ1) is 10.4. The van der Waals surface area contributed by atoms with E-state index in [1.165, 1.54) is 6.92 Å². The van der Waals surface area contributed by atoms with Crippen molar-refractivity contribution >= 4 is 11.9 Å². The number of carboxylic acid groups (broad SMARTS) is 1. The van der Waals surface area contributed by atoms with Gasteiger partial charge in [-0.3, -0.25) is 14.9 Å². The zero-order chi connectivity index (χ0) is 16.3. The number of nitrogens with zero attached hydrogens (tertiary/aromatic N) is 1. The first-order valence-electron chi connectivity index (χ1n) is 7.62. The van der Waals surface area contributed by atoms with Crippen molar-refractivity contribution in [3.8, 4) is 0 Å². The fourth-order valence-electron chi connectivity index (χ4n) is 3.24. The predicted octanol–water partition coefficient (Wildman–Crippen LogP) is 0.859. The number of carboxylic acids is 1. The molecule has 1 amide bonds. The van der Waals surface area contributed by atoms with Gasteiger partial charge in [-0.1, -0.05) is 13.8 Å². The van der Waals surface area contributed by atoms with Crippen LogP contribution in [0.4, 0.5) is 0 Å². The molecule has 1 aliphatic heterocycles. The molecular weight excluding hydrogens is 284 g/mol. The van der Waals surface area contributed by atoms with Gasteiger partial charge in [0.1, 0.15) is 6.04 Å². The summed E-state index contributed by atoms with van der Waals surface area (Å²) in [6.07, 6.45) is 4.59. The second-order valence-corrected chi connectivity index (χ2v) is 6.37. The molecule has 7 heteroatoms. The van der Waals surface area contributed by atoms with E-state index in [1.54, 1.807) is 12.5 Å². The Balaban J connectivity index is 2.25. The molecule has 0 aliphatic carbocycles. The van der Waals surface area contributed by atoms with Gasteiger partial charge in [0.15, 0.2) is 0 Å². The Morgan fingerprint density at radius 3 is 2.73 bits per heavy atom. The number of hydrogen-bond acceptors (Lipinski definition) is 4. The van der Waals surface area contributed by atoms with Gasteiger partial charge in [-0.05, 0) is 18.8 Å². The number of aliphatic carboxylic acids is 1. The van der Waals surface area contributed by atoms with Gasteiger partial charge in [0.05, 0.1) is 6.33 Å². The highest BCUT2D eigenvalue weighted by Gasteiger charge is 2.42. The normalized spacial score (nSPS) is 26.1. The summed E-state index contributed by atoms with van der Waals surface area (Å²) in [4.78, 5) is 30.0. The van der Waals surface area contributed by atoms with Crippen LogP contribution in [0.2, 0.25) is 0 Å². The van der Waals surface area contributed by atoms with Gasteiger partial charge >= 0.3 is 5.97 Å². The molecule has 1 aromatic heterocycles. The quantitative estimate of drug-likeness (QED) is 0.623. The van der Waals surface area contributed by atoms with Crippen molar-refractivity contribution in [3.05, 3.63) is 18.2 Å². The summed E-state index contributed by atoms with van der Waals surface area (Å²) in [6, 6.07) is -0.857. The molecule has 2 rings (SSSR count). The van der Waals surface area contributed by atoms with Crippen LogP contribution < -0.4 is 10.6 Å². The summed E-state index contributed by atoms with van der Waals surface area (Å²) < 4.78 is 0. The van der Waals surface area contributed by atoms with Crippen LogP contribution in [0.5, 0.6) is 0 Å². The molecule has 122 valence electrons. The summed E-state index contributed by atoms with van der Waals surface area (Å²) >= 11 is 0. The largest absolute Gasteiger partial charge is 0.480 e. The number of rotatable bonds is 6. The number of aromatic nitrogens is 2. The number of hydrogen-bond donors (Lipinski definition) is 4. The SMILES string of the molecule is CC(=O)NC(CC(C)C)C1N[C@H](C(=O)O)CC1c1cnc[nH]1. The van der Waals surface area contributed by atoms with E-state index in [9.17, 15) is 14.7 Å². The average molecular weight is 308 g/mol. The van der Waals surface area contributed by atoms with Gasteiger partial charge in [0.2, 0.25) is 5.91 Å². The van der Waals surface area contributed by atoms with E-state index in [0.29, 0.717) is 12.3 Å². The highest BCUT2D eigenvalue weighted by Crippen LogP contribution is 2.33. The minimum atomic E-state index is -0.863. The second-order valence-electron chi connectivity index (χ2n) is 6.37. The molecule has 0 aromatic carbocycles. The lowest BCUT2D eigenvalue weighted by molar-refractivity contribution is -0.139. The minimum absolute atomic E-state index is 0.0146. The first kappa shape index (κ1) is 16.5. The van der Waals surface area contributed by atoms with Crippen molar-refractivity contribution in [3.63, 3.8) is 0 Å². The maximum absolute atomic E-state index is 11.5. The zero-order valence-corrected chi connectivity index (χ0v) is 13.2. The molecule has 22 heavy (non-hydrogen) atoms. The molecule has 1 saturated heterocycles. The van der Waals surface area contributed by atoms with Gasteiger partial charge in [-0.15, -0.1) is 0 Å². The Morgan fingerprint density at radius 2 is 2.23 bits per heavy atom. The number of carbonyl (C=O) groups excluding carboxylic acids is 1. The zero-order valence-electron chi connectivity index (χ0n) is 13.2. The van der Waals surface area contributed by atoms with Crippen molar-refractivity contribution in [2.45, 2.75) is 57.7 Å². The maximum atomic E-state index is 11.5. The topological polar surface area (TPSA) is 107 Å². The molecule has 7 nitrogen and oxygen atoms in total. The van der Waals surface area contributed by atoms with Gasteiger partial charge in [0.25, 0.3) is 0 Å². The third-order valence-corrected chi connectivity index (χ3v) is 4.08. The van der Waals surface area contributed by atoms with Crippen LogP contribution in [0.1, 0.15) is 45.2 Å². The van der Waals surface area contributed by atoms with E-state index in [0.717, 1.165) is 12.1 Å². The molecule has 4 atom stereocenters. The van der Waals surface area contributed by atoms with Crippen LogP contribution >= 0.6 is 0 Å². The van der Waals surface area contributed by atoms with Crippen molar-refractivity contribution in [2.24, 2.45) is 5.92 Å². The molecule has 3 unspecified atom stereocenters. The highest BCUT2D eigenvalue weighted by molar-refractivity contribution is 5.75. The lowest BCUT2D eigenvalue weighted by Gasteiger charge is -2.30. The molecule has 1 aromatic rings. The summed E-state index contributed by atoms with van der Waals surface area (Å²) in [7, 11) is 0. The van der Waals surface area contributed by atoms with E-state index < -0.39 is 12.0 Å². The monoisotopic (exact) mass is 308 g/mol. The smallest absolute Gasteiger partial charge is 0.320 e. The molecule has 1 aliphatic rings. The third kappa shape index (κ3) is 3.85. The van der Waals surface area contributed by atoms with Gasteiger partial charge in [-0.25, -0.2) is 4.98 Å². The summed E-state index contributed by atoms with van der Waals surface area (Å²) in [6.45, 7) is 5.66. The Bertz CT molecular complexity index is 515. The van der Waals surface area contributed by atoms with Crippen LogP contribution in [0.25, 0.3) is 0 Å². The Labute approximate surface area is 129 Å². The number of amides is 1. The van der Waals surface area contributed by atoms with Gasteiger partial charge in [-0.2, -0.15) is 0 Å². The van der Waals surface area contributed by atoms with Crippen molar-refractivity contribution in [2.75, 3.05) is 0 Å². The van der Waals surface area contributed by atoms with Crippen molar-refractivity contribution in [1.29, 1.82) is 0 Å². The highest BCUT2D eigenvalue weighted by atomic mass is 16.4. The molecular formula is C15H24N4O3. The van der Waals surface area contributed by atoms with Crippen molar-refractivity contribution < 1.29 is 14.7 Å².